The summed E-state index contributed by atoms with van der Waals surface area (Å²) in [6.45, 7) is 0. The highest BCUT2D eigenvalue weighted by atomic mass is 16.5. The van der Waals surface area contributed by atoms with Crippen molar-refractivity contribution < 1.29 is 9.47 Å². The molecule has 1 heterocycles. The van der Waals surface area contributed by atoms with Crippen molar-refractivity contribution in [2.24, 2.45) is 0 Å². The summed E-state index contributed by atoms with van der Waals surface area (Å²) in [5, 5.41) is 11.9. The molecule has 22 heavy (non-hydrogen) atoms. The van der Waals surface area contributed by atoms with Gasteiger partial charge in [-0.25, -0.2) is 0 Å². The van der Waals surface area contributed by atoms with E-state index < -0.39 is 0 Å². The molecule has 0 spiro atoms. The maximum atomic E-state index is 5.83. The highest BCUT2D eigenvalue weighted by molar-refractivity contribution is 5.64. The molecule has 7 heteroatoms. The predicted octanol–water partition coefficient (Wildman–Crippen LogP) is 1.93. The highest BCUT2D eigenvalue weighted by Crippen LogP contribution is 2.30. The fourth-order valence-corrected chi connectivity index (χ4v) is 2.17. The lowest BCUT2D eigenvalue weighted by Crippen LogP contribution is -2.03. The lowest BCUT2D eigenvalue weighted by atomic mass is 10.2. The molecule has 0 amide bonds. The number of rotatable bonds is 4. The van der Waals surface area contributed by atoms with E-state index in [1.807, 2.05) is 36.4 Å². The second-order valence-corrected chi connectivity index (χ2v) is 4.58. The van der Waals surface area contributed by atoms with E-state index in [1.54, 1.807) is 25.0 Å². The van der Waals surface area contributed by atoms with Gasteiger partial charge in [0, 0.05) is 17.3 Å². The van der Waals surface area contributed by atoms with Crippen LogP contribution in [0.2, 0.25) is 0 Å². The maximum Gasteiger partial charge on any atom is 0.187 e. The molecule has 0 bridgehead atoms. The Kier molecular flexibility index (Phi) is 3.61. The molecule has 3 aromatic rings. The number of ether oxygens (including phenoxy) is 2. The largest absolute Gasteiger partial charge is 0.497 e. The van der Waals surface area contributed by atoms with Crippen LogP contribution in [-0.4, -0.2) is 34.4 Å². The molecule has 0 aliphatic rings. The van der Waals surface area contributed by atoms with Gasteiger partial charge in [0.05, 0.1) is 14.2 Å². The number of nitrogens with zero attached hydrogens (tertiary/aromatic N) is 4. The van der Waals surface area contributed by atoms with E-state index >= 15 is 0 Å². The van der Waals surface area contributed by atoms with E-state index in [9.17, 15) is 0 Å². The normalized spacial score (nSPS) is 10.5. The van der Waals surface area contributed by atoms with Gasteiger partial charge < -0.3 is 15.2 Å². The zero-order chi connectivity index (χ0) is 15.5. The summed E-state index contributed by atoms with van der Waals surface area (Å²) in [5.41, 5.74) is 8.01. The molecular weight excluding hydrogens is 282 g/mol. The SMILES string of the molecule is COc1ccc(-n2nnnc2-c2cccc(N)c2)c(OC)c1. The van der Waals surface area contributed by atoms with Crippen LogP contribution in [0.4, 0.5) is 5.69 Å². The van der Waals surface area contributed by atoms with E-state index in [1.165, 1.54) is 0 Å². The third-order valence-corrected chi connectivity index (χ3v) is 3.23. The Morgan fingerprint density at radius 2 is 1.91 bits per heavy atom. The number of hydrogen-bond donors (Lipinski definition) is 1. The Labute approximate surface area is 127 Å². The molecule has 0 saturated carbocycles. The van der Waals surface area contributed by atoms with Crippen LogP contribution in [0, 0.1) is 0 Å². The van der Waals surface area contributed by atoms with Crippen LogP contribution in [0.3, 0.4) is 0 Å². The number of methoxy groups -OCH3 is 2. The van der Waals surface area contributed by atoms with E-state index in [0.29, 0.717) is 28.7 Å². The van der Waals surface area contributed by atoms with Crippen molar-refractivity contribution in [1.29, 1.82) is 0 Å². The zero-order valence-electron chi connectivity index (χ0n) is 12.2. The van der Waals surface area contributed by atoms with Gasteiger partial charge in [0.15, 0.2) is 5.82 Å². The van der Waals surface area contributed by atoms with Crippen molar-refractivity contribution >= 4 is 5.69 Å². The minimum absolute atomic E-state index is 0.579. The second kappa shape index (κ2) is 5.72. The van der Waals surface area contributed by atoms with E-state index in [-0.39, 0.29) is 0 Å². The van der Waals surface area contributed by atoms with Gasteiger partial charge in [-0.05, 0) is 34.7 Å². The summed E-state index contributed by atoms with van der Waals surface area (Å²) in [5.74, 6) is 1.88. The number of aromatic nitrogens is 4. The molecule has 0 aliphatic carbocycles. The van der Waals surface area contributed by atoms with Crippen LogP contribution in [0.1, 0.15) is 0 Å². The predicted molar refractivity (Wildman–Crippen MR) is 82.1 cm³/mol. The molecule has 0 saturated heterocycles. The summed E-state index contributed by atoms with van der Waals surface area (Å²) in [6.07, 6.45) is 0. The standard InChI is InChI=1S/C15H15N5O2/c1-21-12-6-7-13(14(9-12)22-2)20-15(17-18-19-20)10-4-3-5-11(16)8-10/h3-9H,16H2,1-2H3. The average Bonchev–Trinajstić information content (AvgIpc) is 3.03. The number of nitrogen functional groups attached to an aromatic ring is 1. The van der Waals surface area contributed by atoms with Crippen molar-refractivity contribution in [3.63, 3.8) is 0 Å². The summed E-state index contributed by atoms with van der Waals surface area (Å²) in [7, 11) is 3.19. The fourth-order valence-electron chi connectivity index (χ4n) is 2.17. The maximum absolute atomic E-state index is 5.83. The van der Waals surface area contributed by atoms with Crippen LogP contribution in [0.25, 0.3) is 17.1 Å². The molecular formula is C15H15N5O2. The van der Waals surface area contributed by atoms with Gasteiger partial charge in [-0.3, -0.25) is 0 Å². The van der Waals surface area contributed by atoms with E-state index in [2.05, 4.69) is 15.5 Å². The Bertz CT molecular complexity index is 800. The number of anilines is 1. The first kappa shape index (κ1) is 13.9. The first-order valence-corrected chi connectivity index (χ1v) is 6.59. The van der Waals surface area contributed by atoms with Gasteiger partial charge in [0.25, 0.3) is 0 Å². The molecule has 112 valence electrons. The lowest BCUT2D eigenvalue weighted by molar-refractivity contribution is 0.392. The van der Waals surface area contributed by atoms with Crippen molar-refractivity contribution in [2.45, 2.75) is 0 Å². The summed E-state index contributed by atoms with van der Waals surface area (Å²) in [4.78, 5) is 0. The minimum atomic E-state index is 0.579. The van der Waals surface area contributed by atoms with Gasteiger partial charge >= 0.3 is 0 Å². The van der Waals surface area contributed by atoms with Gasteiger partial charge in [0.2, 0.25) is 0 Å². The first-order chi connectivity index (χ1) is 10.7. The number of benzene rings is 2. The molecule has 7 nitrogen and oxygen atoms in total. The van der Waals surface area contributed by atoms with Crippen molar-refractivity contribution in [2.75, 3.05) is 20.0 Å². The monoisotopic (exact) mass is 297 g/mol. The van der Waals surface area contributed by atoms with Gasteiger partial charge in [-0.15, -0.1) is 5.10 Å². The Morgan fingerprint density at radius 1 is 1.05 bits per heavy atom. The van der Waals surface area contributed by atoms with E-state index in [4.69, 9.17) is 15.2 Å². The smallest absolute Gasteiger partial charge is 0.187 e. The average molecular weight is 297 g/mol. The summed E-state index contributed by atoms with van der Waals surface area (Å²) in [6, 6.07) is 12.8. The Morgan fingerprint density at radius 3 is 2.64 bits per heavy atom. The lowest BCUT2D eigenvalue weighted by Gasteiger charge is -2.11. The molecule has 0 atom stereocenters. The number of hydrogen-bond acceptors (Lipinski definition) is 6. The molecule has 0 unspecified atom stereocenters. The third-order valence-electron chi connectivity index (χ3n) is 3.23. The zero-order valence-corrected chi connectivity index (χ0v) is 12.2. The third kappa shape index (κ3) is 2.44. The van der Waals surface area contributed by atoms with Crippen LogP contribution in [0.15, 0.2) is 42.5 Å². The first-order valence-electron chi connectivity index (χ1n) is 6.59. The van der Waals surface area contributed by atoms with Crippen LogP contribution in [-0.2, 0) is 0 Å². The minimum Gasteiger partial charge on any atom is -0.497 e. The Balaban J connectivity index is 2.13. The van der Waals surface area contributed by atoms with E-state index in [0.717, 1.165) is 5.56 Å². The fraction of sp³-hybridized carbons (Fsp3) is 0.133. The number of tetrazole rings is 1. The molecule has 0 radical (unpaired) electrons. The second-order valence-electron chi connectivity index (χ2n) is 4.58. The van der Waals surface area contributed by atoms with Crippen LogP contribution < -0.4 is 15.2 Å². The molecule has 0 aliphatic heterocycles. The van der Waals surface area contributed by atoms with Crippen LogP contribution >= 0.6 is 0 Å². The highest BCUT2D eigenvalue weighted by Gasteiger charge is 2.15. The number of nitrogens with two attached hydrogens (primary N) is 1. The summed E-state index contributed by atoms with van der Waals surface area (Å²) >= 11 is 0. The van der Waals surface area contributed by atoms with Gasteiger partial charge in [-0.1, -0.05) is 12.1 Å². The van der Waals surface area contributed by atoms with Crippen molar-refractivity contribution in [1.82, 2.24) is 20.2 Å². The molecule has 0 fully saturated rings. The molecule has 2 N–H and O–H groups in total. The quantitative estimate of drug-likeness (QED) is 0.740. The molecule has 3 rings (SSSR count). The van der Waals surface area contributed by atoms with Crippen LogP contribution in [0.5, 0.6) is 11.5 Å². The summed E-state index contributed by atoms with van der Waals surface area (Å²) < 4.78 is 12.2. The molecule has 2 aromatic carbocycles. The molecule has 1 aromatic heterocycles. The Hall–Kier alpha value is -3.09. The van der Waals surface area contributed by atoms with Crippen molar-refractivity contribution in [3.8, 4) is 28.6 Å². The van der Waals surface area contributed by atoms with Crippen molar-refractivity contribution in [3.05, 3.63) is 42.5 Å². The van der Waals surface area contributed by atoms with Gasteiger partial charge in [0.1, 0.15) is 17.2 Å². The van der Waals surface area contributed by atoms with Gasteiger partial charge in [-0.2, -0.15) is 4.68 Å². The topological polar surface area (TPSA) is 88.1 Å².